The number of carbonyl (C=O) groups is 1. The van der Waals surface area contributed by atoms with Gasteiger partial charge in [0, 0.05) is 18.5 Å². The molecule has 0 spiro atoms. The fourth-order valence-corrected chi connectivity index (χ4v) is 2.68. The molecule has 1 aliphatic rings. The smallest absolute Gasteiger partial charge is 0.223 e. The number of carbonyl (C=O) groups excluding carboxylic acids is 1. The van der Waals surface area contributed by atoms with Gasteiger partial charge in [0.15, 0.2) is 0 Å². The van der Waals surface area contributed by atoms with Gasteiger partial charge in [0.05, 0.1) is 7.11 Å². The van der Waals surface area contributed by atoms with Crippen molar-refractivity contribution >= 4 is 5.91 Å². The lowest BCUT2D eigenvalue weighted by molar-refractivity contribution is -0.125. The minimum Gasteiger partial charge on any atom is -0.497 e. The summed E-state index contributed by atoms with van der Waals surface area (Å²) >= 11 is 0. The maximum atomic E-state index is 12.0. The average molecular weight is 276 g/mol. The number of ether oxygens (including phenoxy) is 1. The van der Waals surface area contributed by atoms with E-state index in [0.29, 0.717) is 6.54 Å². The summed E-state index contributed by atoms with van der Waals surface area (Å²) in [4.78, 5) is 12.0. The van der Waals surface area contributed by atoms with Gasteiger partial charge in [0.25, 0.3) is 0 Å². The SMILES string of the molecule is COc1cccc(CCNC(=O)C2CCC(N)CC2)c1. The van der Waals surface area contributed by atoms with Crippen LogP contribution in [0.5, 0.6) is 5.75 Å². The number of rotatable bonds is 5. The van der Waals surface area contributed by atoms with Gasteiger partial charge in [-0.15, -0.1) is 0 Å². The maximum absolute atomic E-state index is 12.0. The van der Waals surface area contributed by atoms with Gasteiger partial charge in [-0.25, -0.2) is 0 Å². The van der Waals surface area contributed by atoms with Gasteiger partial charge in [0.2, 0.25) is 5.91 Å². The molecule has 1 amide bonds. The molecule has 0 unspecified atom stereocenters. The van der Waals surface area contributed by atoms with E-state index in [2.05, 4.69) is 5.32 Å². The predicted octanol–water partition coefficient (Wildman–Crippen LogP) is 1.87. The summed E-state index contributed by atoms with van der Waals surface area (Å²) in [6, 6.07) is 8.24. The van der Waals surface area contributed by atoms with Crippen LogP contribution in [0.3, 0.4) is 0 Å². The van der Waals surface area contributed by atoms with E-state index in [1.807, 2.05) is 24.3 Å². The summed E-state index contributed by atoms with van der Waals surface area (Å²) in [5, 5.41) is 3.03. The lowest BCUT2D eigenvalue weighted by Gasteiger charge is -2.25. The van der Waals surface area contributed by atoms with Crippen molar-refractivity contribution in [2.75, 3.05) is 13.7 Å². The first-order chi connectivity index (χ1) is 9.69. The summed E-state index contributed by atoms with van der Waals surface area (Å²) in [6.07, 6.45) is 4.61. The van der Waals surface area contributed by atoms with Gasteiger partial charge in [-0.1, -0.05) is 12.1 Å². The van der Waals surface area contributed by atoms with Gasteiger partial charge in [-0.3, -0.25) is 4.79 Å². The summed E-state index contributed by atoms with van der Waals surface area (Å²) in [5.41, 5.74) is 7.03. The molecule has 1 saturated carbocycles. The average Bonchev–Trinajstić information content (AvgIpc) is 2.48. The zero-order valence-electron chi connectivity index (χ0n) is 12.1. The van der Waals surface area contributed by atoms with Crippen LogP contribution in [0.1, 0.15) is 31.2 Å². The second-order valence-electron chi connectivity index (χ2n) is 5.50. The molecule has 4 nitrogen and oxygen atoms in total. The Morgan fingerprint density at radius 3 is 2.80 bits per heavy atom. The van der Waals surface area contributed by atoms with E-state index in [1.165, 1.54) is 5.56 Å². The molecule has 0 aromatic heterocycles. The quantitative estimate of drug-likeness (QED) is 0.863. The third-order valence-corrected chi connectivity index (χ3v) is 3.99. The Morgan fingerprint density at radius 1 is 1.35 bits per heavy atom. The van der Waals surface area contributed by atoms with Crippen molar-refractivity contribution in [2.24, 2.45) is 11.7 Å². The summed E-state index contributed by atoms with van der Waals surface area (Å²) < 4.78 is 5.19. The second-order valence-corrected chi connectivity index (χ2v) is 5.50. The molecule has 1 aromatic carbocycles. The van der Waals surface area contributed by atoms with Crippen LogP contribution in [0.25, 0.3) is 0 Å². The van der Waals surface area contributed by atoms with Gasteiger partial charge in [0.1, 0.15) is 5.75 Å². The Balaban J connectivity index is 1.73. The van der Waals surface area contributed by atoms with E-state index < -0.39 is 0 Å². The van der Waals surface area contributed by atoms with Crippen molar-refractivity contribution in [3.63, 3.8) is 0 Å². The minimum atomic E-state index is 0.153. The van der Waals surface area contributed by atoms with Crippen molar-refractivity contribution in [2.45, 2.75) is 38.1 Å². The van der Waals surface area contributed by atoms with Crippen molar-refractivity contribution in [1.82, 2.24) is 5.32 Å². The fraction of sp³-hybridized carbons (Fsp3) is 0.562. The normalized spacial score (nSPS) is 22.3. The van der Waals surface area contributed by atoms with Gasteiger partial charge in [-0.05, 0) is 49.8 Å². The number of methoxy groups -OCH3 is 1. The Hall–Kier alpha value is -1.55. The van der Waals surface area contributed by atoms with Crippen LogP contribution in [-0.4, -0.2) is 25.6 Å². The van der Waals surface area contributed by atoms with Crippen molar-refractivity contribution in [1.29, 1.82) is 0 Å². The molecule has 0 saturated heterocycles. The predicted molar refractivity (Wildman–Crippen MR) is 79.6 cm³/mol. The van der Waals surface area contributed by atoms with E-state index >= 15 is 0 Å². The zero-order valence-corrected chi connectivity index (χ0v) is 12.1. The first-order valence-corrected chi connectivity index (χ1v) is 7.35. The Bertz CT molecular complexity index is 440. The number of nitrogens with two attached hydrogens (primary N) is 1. The minimum absolute atomic E-state index is 0.153. The monoisotopic (exact) mass is 276 g/mol. The fourth-order valence-electron chi connectivity index (χ4n) is 2.68. The topological polar surface area (TPSA) is 64.3 Å². The van der Waals surface area contributed by atoms with Gasteiger partial charge >= 0.3 is 0 Å². The van der Waals surface area contributed by atoms with E-state index in [1.54, 1.807) is 7.11 Å². The lowest BCUT2D eigenvalue weighted by Crippen LogP contribution is -2.37. The molecule has 1 aromatic rings. The highest BCUT2D eigenvalue weighted by atomic mass is 16.5. The molecular weight excluding hydrogens is 252 g/mol. The van der Waals surface area contributed by atoms with Crippen molar-refractivity contribution in [3.8, 4) is 5.75 Å². The number of hydrogen-bond donors (Lipinski definition) is 2. The summed E-state index contributed by atoms with van der Waals surface area (Å²) in [6.45, 7) is 0.675. The van der Waals surface area contributed by atoms with E-state index in [9.17, 15) is 4.79 Å². The highest BCUT2D eigenvalue weighted by molar-refractivity contribution is 5.78. The first-order valence-electron chi connectivity index (χ1n) is 7.35. The lowest BCUT2D eigenvalue weighted by atomic mass is 9.86. The standard InChI is InChI=1S/C16H24N2O2/c1-20-15-4-2-3-12(11-15)9-10-18-16(19)13-5-7-14(17)8-6-13/h2-4,11,13-14H,5-10,17H2,1H3,(H,18,19). The Morgan fingerprint density at radius 2 is 2.10 bits per heavy atom. The zero-order chi connectivity index (χ0) is 14.4. The molecule has 3 N–H and O–H groups in total. The van der Waals surface area contributed by atoms with Crippen LogP contribution >= 0.6 is 0 Å². The van der Waals surface area contributed by atoms with Crippen LogP contribution in [-0.2, 0) is 11.2 Å². The molecule has 0 heterocycles. The molecule has 0 atom stereocenters. The van der Waals surface area contributed by atoms with E-state index in [-0.39, 0.29) is 17.9 Å². The number of amides is 1. The summed E-state index contributed by atoms with van der Waals surface area (Å²) in [5.74, 6) is 1.19. The second kappa shape index (κ2) is 7.29. The summed E-state index contributed by atoms with van der Waals surface area (Å²) in [7, 11) is 1.66. The molecule has 1 aliphatic carbocycles. The van der Waals surface area contributed by atoms with Crippen molar-refractivity contribution < 1.29 is 9.53 Å². The first kappa shape index (κ1) is 14.9. The highest BCUT2D eigenvalue weighted by Crippen LogP contribution is 2.23. The van der Waals surface area contributed by atoms with Gasteiger partial charge in [-0.2, -0.15) is 0 Å². The molecule has 0 bridgehead atoms. The van der Waals surface area contributed by atoms with E-state index in [4.69, 9.17) is 10.5 Å². The third-order valence-electron chi connectivity index (χ3n) is 3.99. The number of hydrogen-bond acceptors (Lipinski definition) is 3. The molecule has 0 aliphatic heterocycles. The molecule has 1 fully saturated rings. The van der Waals surface area contributed by atoms with Crippen LogP contribution in [0.2, 0.25) is 0 Å². The molecule has 110 valence electrons. The van der Waals surface area contributed by atoms with Crippen LogP contribution in [0, 0.1) is 5.92 Å². The molecule has 2 rings (SSSR count). The number of benzene rings is 1. The molecule has 20 heavy (non-hydrogen) atoms. The Labute approximate surface area is 120 Å². The molecule has 4 heteroatoms. The van der Waals surface area contributed by atoms with Crippen molar-refractivity contribution in [3.05, 3.63) is 29.8 Å². The largest absolute Gasteiger partial charge is 0.497 e. The van der Waals surface area contributed by atoms with Gasteiger partial charge < -0.3 is 15.8 Å². The number of nitrogens with one attached hydrogen (secondary N) is 1. The molecule has 0 radical (unpaired) electrons. The highest BCUT2D eigenvalue weighted by Gasteiger charge is 2.23. The third kappa shape index (κ3) is 4.23. The maximum Gasteiger partial charge on any atom is 0.223 e. The van der Waals surface area contributed by atoms with Crippen LogP contribution in [0.15, 0.2) is 24.3 Å². The molecular formula is C16H24N2O2. The van der Waals surface area contributed by atoms with E-state index in [0.717, 1.165) is 37.9 Å². The Kier molecular flexibility index (Phi) is 5.41. The van der Waals surface area contributed by atoms with Crippen LogP contribution < -0.4 is 15.8 Å². The van der Waals surface area contributed by atoms with Crippen LogP contribution in [0.4, 0.5) is 0 Å².